The van der Waals surface area contributed by atoms with Gasteiger partial charge in [0.15, 0.2) is 0 Å². The van der Waals surface area contributed by atoms with Crippen LogP contribution in [0.25, 0.3) is 0 Å². The van der Waals surface area contributed by atoms with Gasteiger partial charge in [-0.2, -0.15) is 5.26 Å². The zero-order chi connectivity index (χ0) is 14.5. The van der Waals surface area contributed by atoms with Gasteiger partial charge in [-0.1, -0.05) is 20.8 Å². The molecule has 0 radical (unpaired) electrons. The highest BCUT2D eigenvalue weighted by Gasteiger charge is 2.36. The molecule has 0 unspecified atom stereocenters. The largest absolute Gasteiger partial charge is 0.356 e. The Bertz CT molecular complexity index is 343. The summed E-state index contributed by atoms with van der Waals surface area (Å²) >= 11 is 0. The van der Waals surface area contributed by atoms with Crippen LogP contribution in [0.3, 0.4) is 0 Å². The maximum Gasteiger partial charge on any atom is 0.223 e. The number of nitrogens with zero attached hydrogens (tertiary/aromatic N) is 1. The molecule has 1 aliphatic carbocycles. The summed E-state index contributed by atoms with van der Waals surface area (Å²) in [5.41, 5.74) is -0.163. The van der Waals surface area contributed by atoms with Gasteiger partial charge < -0.3 is 10.6 Å². The summed E-state index contributed by atoms with van der Waals surface area (Å²) in [5, 5.41) is 15.3. The minimum Gasteiger partial charge on any atom is -0.356 e. The summed E-state index contributed by atoms with van der Waals surface area (Å²) < 4.78 is 0. The molecular weight excluding hydrogens is 238 g/mol. The second kappa shape index (κ2) is 6.38. The molecule has 4 heteroatoms. The van der Waals surface area contributed by atoms with Gasteiger partial charge in [-0.25, -0.2) is 0 Å². The van der Waals surface area contributed by atoms with Crippen LogP contribution in [0.4, 0.5) is 0 Å². The number of carbonyl (C=O) groups excluding carboxylic acids is 1. The number of nitriles is 1. The van der Waals surface area contributed by atoms with Crippen LogP contribution in [0.5, 0.6) is 0 Å². The molecule has 0 aromatic carbocycles. The van der Waals surface area contributed by atoms with E-state index in [0.717, 1.165) is 38.6 Å². The van der Waals surface area contributed by atoms with Crippen LogP contribution >= 0.6 is 0 Å². The fourth-order valence-corrected chi connectivity index (χ4v) is 2.50. The number of hydrogen-bond acceptors (Lipinski definition) is 3. The molecule has 0 aromatic heterocycles. The SMILES string of the molecule is CNC1(C#N)CCC(C(=O)NCCC(C)(C)C)CC1. The van der Waals surface area contributed by atoms with Gasteiger partial charge in [-0.15, -0.1) is 0 Å². The number of carbonyl (C=O) groups is 1. The molecule has 0 heterocycles. The van der Waals surface area contributed by atoms with Crippen LogP contribution < -0.4 is 10.6 Å². The third kappa shape index (κ3) is 4.83. The van der Waals surface area contributed by atoms with Crippen LogP contribution in [-0.2, 0) is 4.79 Å². The van der Waals surface area contributed by atoms with Crippen molar-refractivity contribution in [1.82, 2.24) is 10.6 Å². The van der Waals surface area contributed by atoms with Crippen molar-refractivity contribution in [2.75, 3.05) is 13.6 Å². The van der Waals surface area contributed by atoms with Crippen LogP contribution in [0.2, 0.25) is 0 Å². The summed E-state index contributed by atoms with van der Waals surface area (Å²) in [5.74, 6) is 0.238. The van der Waals surface area contributed by atoms with Crippen molar-refractivity contribution in [3.8, 4) is 6.07 Å². The van der Waals surface area contributed by atoms with Gasteiger partial charge in [0.2, 0.25) is 5.91 Å². The predicted octanol–water partition coefficient (Wildman–Crippen LogP) is 2.21. The van der Waals surface area contributed by atoms with Crippen molar-refractivity contribution < 1.29 is 4.79 Å². The first-order valence-electron chi connectivity index (χ1n) is 7.20. The number of nitrogens with one attached hydrogen (secondary N) is 2. The molecule has 108 valence electrons. The van der Waals surface area contributed by atoms with E-state index >= 15 is 0 Å². The molecule has 1 rings (SSSR count). The maximum atomic E-state index is 12.1. The Morgan fingerprint density at radius 3 is 2.37 bits per heavy atom. The van der Waals surface area contributed by atoms with Gasteiger partial charge in [0, 0.05) is 12.5 Å². The lowest BCUT2D eigenvalue weighted by atomic mass is 9.77. The number of rotatable bonds is 4. The fourth-order valence-electron chi connectivity index (χ4n) is 2.50. The van der Waals surface area contributed by atoms with E-state index < -0.39 is 5.54 Å². The molecular formula is C15H27N3O. The molecule has 1 amide bonds. The van der Waals surface area contributed by atoms with Gasteiger partial charge >= 0.3 is 0 Å². The Balaban J connectivity index is 2.35. The highest BCUT2D eigenvalue weighted by atomic mass is 16.1. The van der Waals surface area contributed by atoms with Crippen LogP contribution in [0.15, 0.2) is 0 Å². The second-order valence-electron chi connectivity index (χ2n) is 6.82. The van der Waals surface area contributed by atoms with E-state index in [2.05, 4.69) is 37.5 Å². The third-order valence-electron chi connectivity index (χ3n) is 4.08. The lowest BCUT2D eigenvalue weighted by Crippen LogP contribution is -2.47. The highest BCUT2D eigenvalue weighted by Crippen LogP contribution is 2.31. The Morgan fingerprint density at radius 1 is 1.37 bits per heavy atom. The number of hydrogen-bond donors (Lipinski definition) is 2. The minimum absolute atomic E-state index is 0.0785. The molecule has 0 aromatic rings. The van der Waals surface area contributed by atoms with Crippen molar-refractivity contribution in [2.45, 2.75) is 58.4 Å². The average Bonchev–Trinajstić information content (AvgIpc) is 2.37. The molecule has 1 saturated carbocycles. The lowest BCUT2D eigenvalue weighted by Gasteiger charge is -2.34. The molecule has 2 N–H and O–H groups in total. The molecule has 0 saturated heterocycles. The monoisotopic (exact) mass is 265 g/mol. The maximum absolute atomic E-state index is 12.1. The smallest absolute Gasteiger partial charge is 0.223 e. The van der Waals surface area contributed by atoms with Crippen molar-refractivity contribution in [3.05, 3.63) is 0 Å². The standard InChI is InChI=1S/C15H27N3O/c1-14(2,3)9-10-18-13(19)12-5-7-15(11-16,17-4)8-6-12/h12,17H,5-10H2,1-4H3,(H,18,19). The number of amides is 1. The van der Waals surface area contributed by atoms with Gasteiger partial charge in [-0.05, 0) is 44.6 Å². The van der Waals surface area contributed by atoms with Gasteiger partial charge in [-0.3, -0.25) is 4.79 Å². The minimum atomic E-state index is -0.414. The molecule has 1 fully saturated rings. The van der Waals surface area contributed by atoms with E-state index in [1.807, 2.05) is 7.05 Å². The molecule has 4 nitrogen and oxygen atoms in total. The molecule has 1 aliphatic rings. The zero-order valence-electron chi connectivity index (χ0n) is 12.7. The van der Waals surface area contributed by atoms with E-state index in [4.69, 9.17) is 0 Å². The fraction of sp³-hybridized carbons (Fsp3) is 0.867. The Kier molecular flexibility index (Phi) is 5.37. The molecule has 0 bridgehead atoms. The normalized spacial score (nSPS) is 27.6. The molecule has 19 heavy (non-hydrogen) atoms. The molecule has 0 aliphatic heterocycles. The Hall–Kier alpha value is -1.08. The summed E-state index contributed by atoms with van der Waals surface area (Å²) in [4.78, 5) is 12.1. The van der Waals surface area contributed by atoms with E-state index in [1.165, 1.54) is 0 Å². The quantitative estimate of drug-likeness (QED) is 0.819. The van der Waals surface area contributed by atoms with Crippen molar-refractivity contribution in [2.24, 2.45) is 11.3 Å². The van der Waals surface area contributed by atoms with Crippen LogP contribution in [0, 0.1) is 22.7 Å². The van der Waals surface area contributed by atoms with Gasteiger partial charge in [0.1, 0.15) is 5.54 Å². The first-order valence-corrected chi connectivity index (χ1v) is 7.20. The van der Waals surface area contributed by atoms with E-state index in [0.29, 0.717) is 0 Å². The summed E-state index contributed by atoms with van der Waals surface area (Å²) in [6.07, 6.45) is 4.12. The summed E-state index contributed by atoms with van der Waals surface area (Å²) in [6, 6.07) is 2.35. The van der Waals surface area contributed by atoms with Gasteiger partial charge in [0.05, 0.1) is 6.07 Å². The van der Waals surface area contributed by atoms with Crippen molar-refractivity contribution in [3.63, 3.8) is 0 Å². The Labute approximate surface area is 116 Å². The summed E-state index contributed by atoms with van der Waals surface area (Å²) in [6.45, 7) is 7.27. The van der Waals surface area contributed by atoms with E-state index in [9.17, 15) is 10.1 Å². The van der Waals surface area contributed by atoms with Crippen molar-refractivity contribution in [1.29, 1.82) is 5.26 Å². The lowest BCUT2D eigenvalue weighted by molar-refractivity contribution is -0.126. The predicted molar refractivity (Wildman–Crippen MR) is 76.4 cm³/mol. The topological polar surface area (TPSA) is 64.9 Å². The summed E-state index contributed by atoms with van der Waals surface area (Å²) in [7, 11) is 1.83. The van der Waals surface area contributed by atoms with Crippen LogP contribution in [-0.4, -0.2) is 25.0 Å². The van der Waals surface area contributed by atoms with Crippen molar-refractivity contribution >= 4 is 5.91 Å². The van der Waals surface area contributed by atoms with Crippen LogP contribution in [0.1, 0.15) is 52.9 Å². The first-order chi connectivity index (χ1) is 8.82. The second-order valence-corrected chi connectivity index (χ2v) is 6.82. The first kappa shape index (κ1) is 16.0. The van der Waals surface area contributed by atoms with Gasteiger partial charge in [0.25, 0.3) is 0 Å². The average molecular weight is 265 g/mol. The molecule has 0 spiro atoms. The third-order valence-corrected chi connectivity index (χ3v) is 4.08. The van der Waals surface area contributed by atoms with E-state index in [1.54, 1.807) is 0 Å². The molecule has 0 atom stereocenters. The highest BCUT2D eigenvalue weighted by molar-refractivity contribution is 5.78. The van der Waals surface area contributed by atoms with E-state index in [-0.39, 0.29) is 17.2 Å². The Morgan fingerprint density at radius 2 is 1.95 bits per heavy atom. The zero-order valence-corrected chi connectivity index (χ0v) is 12.7.